The summed E-state index contributed by atoms with van der Waals surface area (Å²) in [6.07, 6.45) is 1.71. The van der Waals surface area contributed by atoms with Crippen LogP contribution in [0.25, 0.3) is 5.69 Å². The predicted molar refractivity (Wildman–Crippen MR) is 109 cm³/mol. The first kappa shape index (κ1) is 18.2. The van der Waals surface area contributed by atoms with Crippen molar-refractivity contribution in [2.24, 2.45) is 0 Å². The summed E-state index contributed by atoms with van der Waals surface area (Å²) in [4.78, 5) is 38.5. The molecular weight excluding hydrogens is 376 g/mol. The second-order valence-electron chi connectivity index (χ2n) is 6.64. The zero-order chi connectivity index (χ0) is 19.7. The van der Waals surface area contributed by atoms with Crippen molar-refractivity contribution in [3.63, 3.8) is 0 Å². The number of aromatic nitrogens is 1. The molecule has 4 rings (SSSR count). The molecule has 1 aliphatic rings. The van der Waals surface area contributed by atoms with E-state index in [0.29, 0.717) is 46.9 Å². The monoisotopic (exact) mass is 392 g/mol. The number of carbonyl (C=O) groups is 2. The number of pyridine rings is 1. The summed E-state index contributed by atoms with van der Waals surface area (Å²) < 4.78 is 1.49. The summed E-state index contributed by atoms with van der Waals surface area (Å²) in [5.74, 6) is -0.624. The second kappa shape index (κ2) is 7.44. The lowest BCUT2D eigenvalue weighted by Crippen LogP contribution is -2.33. The standard InChI is InChI=1S/C22H17ClN2O3/c23-14-6-4-7-15(12-14)24-21(27)18-13-17-19(10-5-11-20(17)26)25(22(18)28)16-8-2-1-3-9-16/h1-4,6-9,12-13H,5,10-11H2,(H,24,27). The minimum Gasteiger partial charge on any atom is -0.322 e. The molecule has 140 valence electrons. The Labute approximate surface area is 166 Å². The Hall–Kier alpha value is -3.18. The molecule has 1 aromatic heterocycles. The van der Waals surface area contributed by atoms with E-state index in [1.807, 2.05) is 18.2 Å². The van der Waals surface area contributed by atoms with E-state index in [9.17, 15) is 14.4 Å². The molecule has 0 saturated carbocycles. The fourth-order valence-electron chi connectivity index (χ4n) is 3.47. The average molecular weight is 393 g/mol. The SMILES string of the molecule is O=C1CCCc2c1cc(C(=O)Nc1cccc(Cl)c1)c(=O)n2-c1ccccc1. The number of Topliss-reactive ketones (excluding diaryl/α,β-unsaturated/α-hetero) is 1. The number of nitrogens with zero attached hydrogens (tertiary/aromatic N) is 1. The van der Waals surface area contributed by atoms with Crippen LogP contribution in [0.4, 0.5) is 5.69 Å². The van der Waals surface area contributed by atoms with Gasteiger partial charge in [0.25, 0.3) is 11.5 Å². The van der Waals surface area contributed by atoms with E-state index in [0.717, 1.165) is 0 Å². The van der Waals surface area contributed by atoms with Crippen molar-refractivity contribution < 1.29 is 9.59 Å². The van der Waals surface area contributed by atoms with Gasteiger partial charge in [0.05, 0.1) is 0 Å². The third kappa shape index (κ3) is 3.37. The number of fused-ring (bicyclic) bond motifs is 1. The van der Waals surface area contributed by atoms with Crippen LogP contribution in [0.2, 0.25) is 5.02 Å². The van der Waals surface area contributed by atoms with E-state index in [-0.39, 0.29) is 11.3 Å². The van der Waals surface area contributed by atoms with Gasteiger partial charge >= 0.3 is 0 Å². The number of carbonyl (C=O) groups excluding carboxylic acids is 2. The summed E-state index contributed by atoms with van der Waals surface area (Å²) in [5, 5.41) is 3.16. The van der Waals surface area contributed by atoms with Crippen LogP contribution in [0.15, 0.2) is 65.5 Å². The topological polar surface area (TPSA) is 68.2 Å². The van der Waals surface area contributed by atoms with Gasteiger partial charge in [-0.3, -0.25) is 19.0 Å². The summed E-state index contributed by atoms with van der Waals surface area (Å²) >= 11 is 5.96. The van der Waals surface area contributed by atoms with Crippen LogP contribution >= 0.6 is 11.6 Å². The highest BCUT2D eigenvalue weighted by Crippen LogP contribution is 2.24. The van der Waals surface area contributed by atoms with Crippen molar-refractivity contribution in [3.05, 3.63) is 92.9 Å². The van der Waals surface area contributed by atoms with Crippen molar-refractivity contribution in [3.8, 4) is 5.69 Å². The molecule has 1 amide bonds. The highest BCUT2D eigenvalue weighted by Gasteiger charge is 2.26. The minimum absolute atomic E-state index is 0.0530. The van der Waals surface area contributed by atoms with Gasteiger partial charge in [-0.25, -0.2) is 0 Å². The average Bonchev–Trinajstić information content (AvgIpc) is 2.68. The number of halogens is 1. The van der Waals surface area contributed by atoms with Crippen molar-refractivity contribution in [1.29, 1.82) is 0 Å². The van der Waals surface area contributed by atoms with Crippen LogP contribution in [0, 0.1) is 0 Å². The molecule has 0 radical (unpaired) electrons. The van der Waals surface area contributed by atoms with E-state index < -0.39 is 11.5 Å². The Bertz CT molecular complexity index is 1140. The molecule has 0 bridgehead atoms. The molecule has 0 unspecified atom stereocenters. The fourth-order valence-corrected chi connectivity index (χ4v) is 3.66. The smallest absolute Gasteiger partial charge is 0.268 e. The van der Waals surface area contributed by atoms with Gasteiger partial charge in [0, 0.05) is 34.1 Å². The first-order chi connectivity index (χ1) is 13.5. The van der Waals surface area contributed by atoms with Gasteiger partial charge in [-0.2, -0.15) is 0 Å². The van der Waals surface area contributed by atoms with E-state index in [1.54, 1.807) is 36.4 Å². The highest BCUT2D eigenvalue weighted by atomic mass is 35.5. The van der Waals surface area contributed by atoms with Gasteiger partial charge < -0.3 is 5.32 Å². The van der Waals surface area contributed by atoms with Gasteiger partial charge in [0.1, 0.15) is 5.56 Å². The first-order valence-electron chi connectivity index (χ1n) is 8.99. The zero-order valence-corrected chi connectivity index (χ0v) is 15.7. The lowest BCUT2D eigenvalue weighted by Gasteiger charge is -2.21. The Morgan fingerprint density at radius 3 is 2.50 bits per heavy atom. The molecule has 0 spiro atoms. The fraction of sp³-hybridized carbons (Fsp3) is 0.136. The molecule has 0 atom stereocenters. The number of hydrogen-bond donors (Lipinski definition) is 1. The van der Waals surface area contributed by atoms with Crippen LogP contribution in [-0.2, 0) is 6.42 Å². The molecule has 6 heteroatoms. The third-order valence-electron chi connectivity index (χ3n) is 4.76. The Morgan fingerprint density at radius 2 is 1.75 bits per heavy atom. The number of hydrogen-bond acceptors (Lipinski definition) is 3. The van der Waals surface area contributed by atoms with Crippen LogP contribution in [0.5, 0.6) is 0 Å². The van der Waals surface area contributed by atoms with Gasteiger partial charge in [0.2, 0.25) is 0 Å². The van der Waals surface area contributed by atoms with Gasteiger partial charge in [-0.05, 0) is 49.2 Å². The van der Waals surface area contributed by atoms with Crippen molar-refractivity contribution in [1.82, 2.24) is 4.57 Å². The number of amides is 1. The lowest BCUT2D eigenvalue weighted by atomic mass is 9.92. The molecule has 0 aliphatic heterocycles. The molecule has 1 heterocycles. The quantitative estimate of drug-likeness (QED) is 0.724. The lowest BCUT2D eigenvalue weighted by molar-refractivity contribution is 0.0971. The number of nitrogens with one attached hydrogen (secondary N) is 1. The van der Waals surface area contributed by atoms with Crippen molar-refractivity contribution in [2.75, 3.05) is 5.32 Å². The largest absolute Gasteiger partial charge is 0.322 e. The highest BCUT2D eigenvalue weighted by molar-refractivity contribution is 6.31. The Morgan fingerprint density at radius 1 is 0.964 bits per heavy atom. The molecule has 0 fully saturated rings. The number of ketones is 1. The maximum atomic E-state index is 13.2. The maximum absolute atomic E-state index is 13.2. The van der Waals surface area contributed by atoms with Gasteiger partial charge in [-0.1, -0.05) is 35.9 Å². The number of benzene rings is 2. The minimum atomic E-state index is -0.571. The van der Waals surface area contributed by atoms with Crippen LogP contribution in [-0.4, -0.2) is 16.3 Å². The molecule has 5 nitrogen and oxygen atoms in total. The van der Waals surface area contributed by atoms with Crippen LogP contribution in [0.1, 0.15) is 39.3 Å². The van der Waals surface area contributed by atoms with Crippen LogP contribution < -0.4 is 10.9 Å². The van der Waals surface area contributed by atoms with Gasteiger partial charge in [-0.15, -0.1) is 0 Å². The summed E-state index contributed by atoms with van der Waals surface area (Å²) in [7, 11) is 0. The number of anilines is 1. The molecule has 2 aromatic carbocycles. The Balaban J connectivity index is 1.86. The number of rotatable bonds is 3. The molecule has 0 saturated heterocycles. The summed E-state index contributed by atoms with van der Waals surface area (Å²) in [5.41, 5.74) is 1.69. The maximum Gasteiger partial charge on any atom is 0.268 e. The first-order valence-corrected chi connectivity index (χ1v) is 9.37. The van der Waals surface area contributed by atoms with E-state index in [1.165, 1.54) is 10.6 Å². The van der Waals surface area contributed by atoms with Crippen LogP contribution in [0.3, 0.4) is 0 Å². The van der Waals surface area contributed by atoms with Crippen molar-refractivity contribution >= 4 is 29.0 Å². The predicted octanol–water partition coefficient (Wildman–Crippen LogP) is 4.26. The van der Waals surface area contributed by atoms with E-state index >= 15 is 0 Å². The second-order valence-corrected chi connectivity index (χ2v) is 7.07. The van der Waals surface area contributed by atoms with E-state index in [2.05, 4.69) is 5.32 Å². The normalized spacial score (nSPS) is 13.1. The Kier molecular flexibility index (Phi) is 4.84. The zero-order valence-electron chi connectivity index (χ0n) is 14.9. The van der Waals surface area contributed by atoms with E-state index in [4.69, 9.17) is 11.6 Å². The van der Waals surface area contributed by atoms with Crippen molar-refractivity contribution in [2.45, 2.75) is 19.3 Å². The molecule has 3 aromatic rings. The molecule has 28 heavy (non-hydrogen) atoms. The van der Waals surface area contributed by atoms with Gasteiger partial charge in [0.15, 0.2) is 5.78 Å². The molecule has 1 aliphatic carbocycles. The summed E-state index contributed by atoms with van der Waals surface area (Å²) in [6, 6.07) is 17.2. The third-order valence-corrected chi connectivity index (χ3v) is 5.00. The summed E-state index contributed by atoms with van der Waals surface area (Å²) in [6.45, 7) is 0. The molecule has 1 N–H and O–H groups in total. The number of para-hydroxylation sites is 1. The molecular formula is C22H17ClN2O3.